The van der Waals surface area contributed by atoms with E-state index in [4.69, 9.17) is 4.74 Å². The van der Waals surface area contributed by atoms with Crippen LogP contribution in [0.5, 0.6) is 0 Å². The molecule has 4 aromatic rings. The summed E-state index contributed by atoms with van der Waals surface area (Å²) in [6.45, 7) is -0.284. The molecule has 0 atom stereocenters. The highest BCUT2D eigenvalue weighted by Gasteiger charge is 2.14. The van der Waals surface area contributed by atoms with Gasteiger partial charge in [0, 0.05) is 5.39 Å². The minimum Gasteiger partial charge on any atom is -0.465 e. The van der Waals surface area contributed by atoms with Gasteiger partial charge in [-0.25, -0.2) is 14.9 Å². The lowest BCUT2D eigenvalue weighted by molar-refractivity contribution is -0.144. The summed E-state index contributed by atoms with van der Waals surface area (Å²) in [5, 5.41) is 7.55. The number of hydrogen-bond donors (Lipinski definition) is 2. The van der Waals surface area contributed by atoms with Gasteiger partial charge in [0.1, 0.15) is 12.4 Å². The number of aromatic amines is 2. The molecule has 4 rings (SSSR count). The highest BCUT2D eigenvalue weighted by atomic mass is 16.5. The van der Waals surface area contributed by atoms with E-state index in [-0.39, 0.29) is 40.9 Å². The molecule has 0 saturated heterocycles. The molecule has 31 heavy (non-hydrogen) atoms. The maximum atomic E-state index is 12.3. The molecule has 0 spiro atoms. The van der Waals surface area contributed by atoms with Crippen molar-refractivity contribution in [2.45, 2.75) is 13.0 Å². The van der Waals surface area contributed by atoms with Crippen LogP contribution in [0.2, 0.25) is 0 Å². The van der Waals surface area contributed by atoms with Crippen LogP contribution in [0.25, 0.3) is 21.7 Å². The van der Waals surface area contributed by atoms with E-state index in [1.165, 1.54) is 25.3 Å². The van der Waals surface area contributed by atoms with E-state index in [2.05, 4.69) is 24.9 Å². The van der Waals surface area contributed by atoms with Crippen molar-refractivity contribution >= 4 is 33.6 Å². The van der Waals surface area contributed by atoms with Crippen molar-refractivity contribution in [2.24, 2.45) is 0 Å². The van der Waals surface area contributed by atoms with Crippen LogP contribution in [0.1, 0.15) is 21.9 Å². The lowest BCUT2D eigenvalue weighted by Gasteiger charge is -2.07. The molecular weight excluding hydrogens is 404 g/mol. The number of aromatic nitrogens is 4. The molecule has 0 fully saturated rings. The van der Waals surface area contributed by atoms with Crippen molar-refractivity contribution in [1.29, 1.82) is 0 Å². The summed E-state index contributed by atoms with van der Waals surface area (Å²) in [6.07, 6.45) is -0.179. The lowest BCUT2D eigenvalue weighted by atomic mass is 10.1. The van der Waals surface area contributed by atoms with E-state index < -0.39 is 17.5 Å². The molecule has 0 radical (unpaired) electrons. The van der Waals surface area contributed by atoms with Gasteiger partial charge in [0.25, 0.3) is 11.1 Å². The van der Waals surface area contributed by atoms with Gasteiger partial charge in [-0.2, -0.15) is 5.10 Å². The Labute approximate surface area is 173 Å². The average Bonchev–Trinajstić information content (AvgIpc) is 2.79. The minimum absolute atomic E-state index is 0.118. The molecule has 0 aliphatic carbocycles. The van der Waals surface area contributed by atoms with Gasteiger partial charge < -0.3 is 14.5 Å². The summed E-state index contributed by atoms with van der Waals surface area (Å²) in [5.74, 6) is -1.06. The smallest absolute Gasteiger partial charge is 0.337 e. The van der Waals surface area contributed by atoms with Crippen LogP contribution in [0, 0.1) is 0 Å². The first kappa shape index (κ1) is 20.0. The van der Waals surface area contributed by atoms with Gasteiger partial charge in [0.15, 0.2) is 0 Å². The van der Waals surface area contributed by atoms with E-state index in [1.54, 1.807) is 24.3 Å². The zero-order valence-corrected chi connectivity index (χ0v) is 16.3. The number of nitrogens with one attached hydrogen (secondary N) is 2. The Morgan fingerprint density at radius 1 is 1.00 bits per heavy atom. The SMILES string of the molecule is COC(=O)c1ccc2c(=O)[nH]c(COC(=O)Cc3n[nH]c(=O)c4ccccc34)nc2c1. The highest BCUT2D eigenvalue weighted by Crippen LogP contribution is 2.14. The molecule has 2 N–H and O–H groups in total. The maximum Gasteiger partial charge on any atom is 0.337 e. The zero-order chi connectivity index (χ0) is 22.0. The topological polar surface area (TPSA) is 144 Å². The number of carbonyl (C=O) groups is 2. The van der Waals surface area contributed by atoms with Gasteiger partial charge in [-0.05, 0) is 24.3 Å². The van der Waals surface area contributed by atoms with E-state index in [0.29, 0.717) is 16.5 Å². The van der Waals surface area contributed by atoms with Crippen LogP contribution in [-0.2, 0) is 27.3 Å². The molecule has 10 heteroatoms. The molecule has 2 heterocycles. The Bertz CT molecular complexity index is 1440. The quantitative estimate of drug-likeness (QED) is 0.459. The number of rotatable bonds is 5. The fourth-order valence-corrected chi connectivity index (χ4v) is 3.14. The minimum atomic E-state index is -0.615. The van der Waals surface area contributed by atoms with E-state index >= 15 is 0 Å². The highest BCUT2D eigenvalue weighted by molar-refractivity contribution is 5.94. The fourth-order valence-electron chi connectivity index (χ4n) is 3.14. The lowest BCUT2D eigenvalue weighted by Crippen LogP contribution is -2.17. The molecule has 10 nitrogen and oxygen atoms in total. The molecule has 156 valence electrons. The van der Waals surface area contributed by atoms with Crippen molar-refractivity contribution in [1.82, 2.24) is 20.2 Å². The Balaban J connectivity index is 1.53. The van der Waals surface area contributed by atoms with Crippen molar-refractivity contribution < 1.29 is 19.1 Å². The summed E-state index contributed by atoms with van der Waals surface area (Å²) < 4.78 is 9.89. The molecular formula is C21H16N4O6. The number of hydrogen-bond acceptors (Lipinski definition) is 8. The molecule has 0 saturated carbocycles. The van der Waals surface area contributed by atoms with E-state index in [0.717, 1.165) is 0 Å². The number of ether oxygens (including phenoxy) is 2. The first-order chi connectivity index (χ1) is 15.0. The molecule has 2 aromatic heterocycles. The van der Waals surface area contributed by atoms with E-state index in [1.807, 2.05) is 0 Å². The van der Waals surface area contributed by atoms with Crippen molar-refractivity contribution in [3.05, 3.63) is 80.3 Å². The monoisotopic (exact) mass is 420 g/mol. The van der Waals surface area contributed by atoms with Crippen LogP contribution in [0.3, 0.4) is 0 Å². The third-order valence-electron chi connectivity index (χ3n) is 4.63. The molecule has 0 amide bonds. The average molecular weight is 420 g/mol. The van der Waals surface area contributed by atoms with Crippen LogP contribution < -0.4 is 11.1 Å². The van der Waals surface area contributed by atoms with Gasteiger partial charge in [-0.1, -0.05) is 18.2 Å². The molecule has 0 aliphatic heterocycles. The Kier molecular flexibility index (Phi) is 5.27. The van der Waals surface area contributed by atoms with Gasteiger partial charge in [-0.15, -0.1) is 0 Å². The number of fused-ring (bicyclic) bond motifs is 2. The number of nitrogens with zero attached hydrogens (tertiary/aromatic N) is 2. The number of H-pyrrole nitrogens is 2. The van der Waals surface area contributed by atoms with Crippen LogP contribution in [0.15, 0.2) is 52.1 Å². The molecule has 0 unspecified atom stereocenters. The van der Waals surface area contributed by atoms with Crippen LogP contribution in [-0.4, -0.2) is 39.2 Å². The summed E-state index contributed by atoms with van der Waals surface area (Å²) in [7, 11) is 1.25. The first-order valence-corrected chi connectivity index (χ1v) is 9.19. The second-order valence-electron chi connectivity index (χ2n) is 6.62. The van der Waals surface area contributed by atoms with Gasteiger partial charge in [0.2, 0.25) is 0 Å². The summed E-state index contributed by atoms with van der Waals surface area (Å²) in [5.41, 5.74) is 0.0960. The van der Waals surface area contributed by atoms with Crippen molar-refractivity contribution in [3.63, 3.8) is 0 Å². The molecule has 2 aromatic carbocycles. The normalized spacial score (nSPS) is 10.9. The Morgan fingerprint density at radius 3 is 2.55 bits per heavy atom. The van der Waals surface area contributed by atoms with Crippen LogP contribution >= 0.6 is 0 Å². The number of carbonyl (C=O) groups excluding carboxylic acids is 2. The summed E-state index contributed by atoms with van der Waals surface area (Å²) in [6, 6.07) is 11.1. The molecule has 0 aliphatic rings. The van der Waals surface area contributed by atoms with Crippen LogP contribution in [0.4, 0.5) is 0 Å². The number of esters is 2. The first-order valence-electron chi connectivity index (χ1n) is 9.19. The standard InChI is InChI=1S/C21H16N4O6/c1-30-21(29)11-6-7-14-15(8-11)22-17(23-19(14)27)10-31-18(26)9-16-12-4-2-3-5-13(12)20(28)25-24-16/h2-8H,9-10H2,1H3,(H,25,28)(H,22,23,27). The zero-order valence-electron chi connectivity index (χ0n) is 16.3. The second-order valence-corrected chi connectivity index (χ2v) is 6.62. The predicted octanol–water partition coefficient (Wildman–Crippen LogP) is 1.23. The van der Waals surface area contributed by atoms with Crippen molar-refractivity contribution in [3.8, 4) is 0 Å². The fraction of sp³-hybridized carbons (Fsp3) is 0.143. The summed E-state index contributed by atoms with van der Waals surface area (Å²) in [4.78, 5) is 54.9. The second kappa shape index (κ2) is 8.19. The Hall–Kier alpha value is -4.34. The number of methoxy groups -OCH3 is 1. The Morgan fingerprint density at radius 2 is 1.77 bits per heavy atom. The third kappa shape index (κ3) is 4.04. The summed E-state index contributed by atoms with van der Waals surface area (Å²) >= 11 is 0. The number of benzene rings is 2. The van der Waals surface area contributed by atoms with Gasteiger partial charge >= 0.3 is 11.9 Å². The van der Waals surface area contributed by atoms with Crippen molar-refractivity contribution in [2.75, 3.05) is 7.11 Å². The maximum absolute atomic E-state index is 12.3. The van der Waals surface area contributed by atoms with Gasteiger partial charge in [0.05, 0.1) is 41.1 Å². The predicted molar refractivity (Wildman–Crippen MR) is 110 cm³/mol. The van der Waals surface area contributed by atoms with E-state index in [9.17, 15) is 19.2 Å². The van der Waals surface area contributed by atoms with Gasteiger partial charge in [-0.3, -0.25) is 14.4 Å². The third-order valence-corrected chi connectivity index (χ3v) is 4.63. The largest absolute Gasteiger partial charge is 0.465 e. The molecule has 0 bridgehead atoms.